The fraction of sp³-hybridized carbons (Fsp3) is 0.286. The van der Waals surface area contributed by atoms with E-state index in [1.165, 1.54) is 0 Å². The fourth-order valence-corrected chi connectivity index (χ4v) is 3.24. The van der Waals surface area contributed by atoms with E-state index in [0.29, 0.717) is 18.2 Å². The summed E-state index contributed by atoms with van der Waals surface area (Å²) in [7, 11) is 0. The van der Waals surface area contributed by atoms with Gasteiger partial charge in [-0.15, -0.1) is 17.7 Å². The molecule has 145 valence electrons. The molecule has 1 heterocycles. The first-order valence-corrected chi connectivity index (χ1v) is 8.32. The molecule has 0 unspecified atom stereocenters. The number of hydrogen-bond donors (Lipinski definition) is 0. The van der Waals surface area contributed by atoms with E-state index in [1.54, 1.807) is 13.8 Å². The number of benzene rings is 2. The van der Waals surface area contributed by atoms with Crippen molar-refractivity contribution in [2.75, 3.05) is 0 Å². The number of rotatable bonds is 3. The van der Waals surface area contributed by atoms with Crippen LogP contribution in [0.3, 0.4) is 0 Å². The molecule has 1 nitrogen and oxygen atoms in total. The van der Waals surface area contributed by atoms with Crippen molar-refractivity contribution in [3.8, 4) is 0 Å². The van der Waals surface area contributed by atoms with Gasteiger partial charge >= 0.3 is 6.18 Å². The van der Waals surface area contributed by atoms with Crippen molar-refractivity contribution >= 4 is 10.8 Å². The summed E-state index contributed by atoms with van der Waals surface area (Å²) in [5.74, 6) is -0.961. The molecule has 1 radical (unpaired) electrons. The third-order valence-corrected chi connectivity index (χ3v) is 4.58. The molecule has 27 heavy (non-hydrogen) atoms. The van der Waals surface area contributed by atoms with Crippen molar-refractivity contribution in [2.45, 2.75) is 38.8 Å². The summed E-state index contributed by atoms with van der Waals surface area (Å²) in [6, 6.07) is 13.4. The minimum absolute atomic E-state index is 0. The third-order valence-electron chi connectivity index (χ3n) is 4.58. The van der Waals surface area contributed by atoms with Gasteiger partial charge in [0.1, 0.15) is 0 Å². The number of halogens is 4. The van der Waals surface area contributed by atoms with Gasteiger partial charge in [-0.25, -0.2) is 0 Å². The van der Waals surface area contributed by atoms with Crippen molar-refractivity contribution in [1.82, 2.24) is 4.98 Å². The zero-order chi connectivity index (χ0) is 19.1. The zero-order valence-corrected chi connectivity index (χ0v) is 17.4. The van der Waals surface area contributed by atoms with Crippen LogP contribution in [0.25, 0.3) is 10.8 Å². The van der Waals surface area contributed by atoms with Gasteiger partial charge in [0.25, 0.3) is 0 Å². The maximum atomic E-state index is 13.5. The van der Waals surface area contributed by atoms with Crippen molar-refractivity contribution in [3.63, 3.8) is 0 Å². The van der Waals surface area contributed by atoms with Crippen LogP contribution in [0.4, 0.5) is 17.6 Å². The van der Waals surface area contributed by atoms with Gasteiger partial charge in [0.2, 0.25) is 0 Å². The number of nitrogens with zero attached hydrogens (tertiary/aromatic N) is 1. The molecular weight excluding hydrogens is 534 g/mol. The summed E-state index contributed by atoms with van der Waals surface area (Å²) < 4.78 is 54.1. The third kappa shape index (κ3) is 4.07. The number of alkyl halides is 3. The van der Waals surface area contributed by atoms with Gasteiger partial charge in [-0.2, -0.15) is 19.2 Å². The standard InChI is InChI=1S/C21H18F4N.Ir/c1-4-15-11-13-7-5-6-8-16(13)19(26-15)20(2,3)17-10-9-14(22)12-18(17)21(23,24)25;/h5-9,11-12H,4H2,1-3H3;/q-1;. The van der Waals surface area contributed by atoms with E-state index < -0.39 is 23.0 Å². The minimum atomic E-state index is -4.68. The van der Waals surface area contributed by atoms with Crippen LogP contribution in [0.2, 0.25) is 0 Å². The number of hydrogen-bond acceptors (Lipinski definition) is 1. The first-order chi connectivity index (χ1) is 12.1. The molecule has 0 amide bonds. The van der Waals surface area contributed by atoms with E-state index in [1.807, 2.05) is 37.3 Å². The van der Waals surface area contributed by atoms with Crippen LogP contribution in [0.5, 0.6) is 0 Å². The maximum Gasteiger partial charge on any atom is 0.370 e. The van der Waals surface area contributed by atoms with Crippen molar-refractivity contribution in [1.29, 1.82) is 0 Å². The van der Waals surface area contributed by atoms with Crippen LogP contribution < -0.4 is 0 Å². The van der Waals surface area contributed by atoms with Gasteiger partial charge in [-0.05, 0) is 23.4 Å². The monoisotopic (exact) mass is 553 g/mol. The Bertz CT molecular complexity index is 964. The Morgan fingerprint density at radius 1 is 1.07 bits per heavy atom. The molecule has 0 fully saturated rings. The quantitative estimate of drug-likeness (QED) is 0.284. The van der Waals surface area contributed by atoms with Gasteiger partial charge in [-0.1, -0.05) is 45.0 Å². The Morgan fingerprint density at radius 3 is 2.37 bits per heavy atom. The van der Waals surface area contributed by atoms with Gasteiger partial charge in [0.15, 0.2) is 0 Å². The van der Waals surface area contributed by atoms with E-state index in [9.17, 15) is 17.6 Å². The predicted molar refractivity (Wildman–Crippen MR) is 93.5 cm³/mol. The molecule has 0 N–H and O–H groups in total. The van der Waals surface area contributed by atoms with Crippen LogP contribution in [0.15, 0.2) is 42.5 Å². The molecule has 0 atom stereocenters. The van der Waals surface area contributed by atoms with E-state index in [0.717, 1.165) is 22.5 Å². The molecule has 0 aliphatic heterocycles. The molecule has 0 bridgehead atoms. The maximum absolute atomic E-state index is 13.5. The van der Waals surface area contributed by atoms with E-state index >= 15 is 0 Å². The molecule has 2 aromatic carbocycles. The second-order valence-corrected chi connectivity index (χ2v) is 6.77. The topological polar surface area (TPSA) is 12.9 Å². The minimum Gasteiger partial charge on any atom is -0.284 e. The van der Waals surface area contributed by atoms with Crippen molar-refractivity contribution in [3.05, 3.63) is 76.9 Å². The number of fused-ring (bicyclic) bond motifs is 1. The number of aromatic nitrogens is 1. The molecule has 0 aliphatic rings. The molecule has 3 rings (SSSR count). The zero-order valence-electron chi connectivity index (χ0n) is 15.0. The summed E-state index contributed by atoms with van der Waals surface area (Å²) in [6.45, 7) is 5.28. The largest absolute Gasteiger partial charge is 0.370 e. The summed E-state index contributed by atoms with van der Waals surface area (Å²) in [4.78, 5) is 4.63. The number of pyridine rings is 1. The Balaban J connectivity index is 0.00000261. The second kappa shape index (κ2) is 7.69. The first kappa shape index (κ1) is 21.5. The molecular formula is C21H18F4IrN-. The van der Waals surface area contributed by atoms with Crippen LogP contribution in [-0.4, -0.2) is 4.98 Å². The Hall–Kier alpha value is -1.78. The summed E-state index contributed by atoms with van der Waals surface area (Å²) >= 11 is 0. The second-order valence-electron chi connectivity index (χ2n) is 6.77. The summed E-state index contributed by atoms with van der Waals surface area (Å²) in [6.07, 6.45) is -4.02. The van der Waals surface area contributed by atoms with E-state index in [4.69, 9.17) is 0 Å². The predicted octanol–water partition coefficient (Wildman–Crippen LogP) is 6.08. The van der Waals surface area contributed by atoms with Gasteiger partial charge in [0.05, 0.1) is 5.69 Å². The van der Waals surface area contributed by atoms with E-state index in [-0.39, 0.29) is 25.7 Å². The molecule has 1 aromatic heterocycles. The Labute approximate surface area is 169 Å². The Kier molecular flexibility index (Phi) is 6.13. The fourth-order valence-electron chi connectivity index (χ4n) is 3.24. The first-order valence-electron chi connectivity index (χ1n) is 8.32. The normalized spacial score (nSPS) is 12.1. The van der Waals surface area contributed by atoms with E-state index in [2.05, 4.69) is 11.1 Å². The van der Waals surface area contributed by atoms with Crippen LogP contribution in [0.1, 0.15) is 43.3 Å². The molecule has 0 saturated heterocycles. The Morgan fingerprint density at radius 2 is 1.74 bits per heavy atom. The van der Waals surface area contributed by atoms with Crippen LogP contribution in [0, 0.1) is 11.9 Å². The summed E-state index contributed by atoms with van der Waals surface area (Å²) in [5.41, 5.74) is -0.917. The molecule has 6 heteroatoms. The van der Waals surface area contributed by atoms with Gasteiger partial charge < -0.3 is 0 Å². The van der Waals surface area contributed by atoms with Gasteiger partial charge in [-0.3, -0.25) is 9.37 Å². The molecule has 3 aromatic rings. The smallest absolute Gasteiger partial charge is 0.284 e. The van der Waals surface area contributed by atoms with Crippen LogP contribution in [-0.2, 0) is 38.1 Å². The molecule has 0 spiro atoms. The molecule has 0 aliphatic carbocycles. The molecule has 0 saturated carbocycles. The van der Waals surface area contributed by atoms with Crippen LogP contribution >= 0.6 is 0 Å². The van der Waals surface area contributed by atoms with Crippen molar-refractivity contribution in [2.24, 2.45) is 0 Å². The summed E-state index contributed by atoms with van der Waals surface area (Å²) in [5, 5.41) is 1.69. The average molecular weight is 553 g/mol. The SMILES string of the molecule is CCc1cc2ccccc2c(C(C)(C)c2[c-]cc(F)cc2C(F)(F)F)n1.[Ir]. The number of aryl methyl sites for hydroxylation is 1. The van der Waals surface area contributed by atoms with Crippen molar-refractivity contribution < 1.29 is 37.7 Å². The average Bonchev–Trinajstić information content (AvgIpc) is 2.59. The van der Waals surface area contributed by atoms with Gasteiger partial charge in [0, 0.05) is 42.4 Å².